The molecule has 1 atom stereocenters. The van der Waals surface area contributed by atoms with E-state index in [4.69, 9.17) is 10.3 Å². The highest BCUT2D eigenvalue weighted by Gasteiger charge is 2.43. The molecule has 0 spiro atoms. The summed E-state index contributed by atoms with van der Waals surface area (Å²) in [6.07, 6.45) is 6.46. The first kappa shape index (κ1) is 11.3. The summed E-state index contributed by atoms with van der Waals surface area (Å²) in [7, 11) is 0. The number of hydrogen-bond donors (Lipinski definition) is 1. The van der Waals surface area contributed by atoms with Crippen LogP contribution in [0.5, 0.6) is 0 Å². The molecule has 5 heteroatoms. The van der Waals surface area contributed by atoms with Crippen LogP contribution in [-0.4, -0.2) is 15.1 Å². The first-order valence-corrected chi connectivity index (χ1v) is 6.17. The Balaban J connectivity index is 1.77. The van der Waals surface area contributed by atoms with Gasteiger partial charge in [-0.3, -0.25) is 4.98 Å². The monoisotopic (exact) mass is 244 g/mol. The van der Waals surface area contributed by atoms with Crippen LogP contribution in [0.1, 0.15) is 37.0 Å². The van der Waals surface area contributed by atoms with Gasteiger partial charge in [0.1, 0.15) is 0 Å². The zero-order valence-corrected chi connectivity index (χ0v) is 10.3. The predicted octanol–water partition coefficient (Wildman–Crippen LogP) is 1.64. The smallest absolute Gasteiger partial charge is 0.246 e. The zero-order chi connectivity index (χ0) is 12.6. The highest BCUT2D eigenvalue weighted by Crippen LogP contribution is 2.43. The highest BCUT2D eigenvalue weighted by molar-refractivity contribution is 5.15. The number of pyridine rings is 1. The number of nitrogens with two attached hydrogens (primary N) is 1. The van der Waals surface area contributed by atoms with E-state index in [9.17, 15) is 0 Å². The van der Waals surface area contributed by atoms with Gasteiger partial charge in [-0.05, 0) is 37.3 Å². The highest BCUT2D eigenvalue weighted by atomic mass is 16.5. The van der Waals surface area contributed by atoms with Crippen LogP contribution < -0.4 is 5.73 Å². The predicted molar refractivity (Wildman–Crippen MR) is 65.6 cm³/mol. The molecule has 0 radical (unpaired) electrons. The molecule has 0 bridgehead atoms. The summed E-state index contributed by atoms with van der Waals surface area (Å²) in [5.74, 6) is 1.68. The van der Waals surface area contributed by atoms with E-state index in [1.807, 2.05) is 19.1 Å². The van der Waals surface area contributed by atoms with Gasteiger partial charge in [0.15, 0.2) is 5.82 Å². The topological polar surface area (TPSA) is 77.8 Å². The Morgan fingerprint density at radius 1 is 1.50 bits per heavy atom. The summed E-state index contributed by atoms with van der Waals surface area (Å²) in [6, 6.07) is 3.89. The van der Waals surface area contributed by atoms with Crippen molar-refractivity contribution in [2.45, 2.75) is 31.7 Å². The molecule has 1 aliphatic carbocycles. The van der Waals surface area contributed by atoms with Gasteiger partial charge in [-0.25, -0.2) is 0 Å². The normalized spacial score (nSPS) is 18.6. The van der Waals surface area contributed by atoms with Gasteiger partial charge in [-0.1, -0.05) is 11.2 Å². The van der Waals surface area contributed by atoms with Crippen molar-refractivity contribution in [2.24, 2.45) is 11.7 Å². The molecular weight excluding hydrogens is 228 g/mol. The molecule has 1 fully saturated rings. The Morgan fingerprint density at radius 3 is 3.00 bits per heavy atom. The summed E-state index contributed by atoms with van der Waals surface area (Å²) in [5, 5.41) is 3.99. The zero-order valence-electron chi connectivity index (χ0n) is 10.3. The van der Waals surface area contributed by atoms with Crippen molar-refractivity contribution in [1.82, 2.24) is 15.1 Å². The van der Waals surface area contributed by atoms with Gasteiger partial charge in [-0.2, -0.15) is 4.98 Å². The summed E-state index contributed by atoms with van der Waals surface area (Å²) in [4.78, 5) is 8.47. The maximum atomic E-state index is 6.24. The molecule has 0 aromatic carbocycles. The van der Waals surface area contributed by atoms with Gasteiger partial charge < -0.3 is 10.3 Å². The fraction of sp³-hybridized carbons (Fsp3) is 0.462. The van der Waals surface area contributed by atoms with Crippen LogP contribution in [0.4, 0.5) is 0 Å². The van der Waals surface area contributed by atoms with E-state index < -0.39 is 5.54 Å². The second-order valence-corrected chi connectivity index (χ2v) is 5.11. The van der Waals surface area contributed by atoms with Crippen LogP contribution in [0.3, 0.4) is 0 Å². The quantitative estimate of drug-likeness (QED) is 0.884. The van der Waals surface area contributed by atoms with Gasteiger partial charge in [0.05, 0.1) is 5.54 Å². The van der Waals surface area contributed by atoms with Gasteiger partial charge in [0.25, 0.3) is 0 Å². The van der Waals surface area contributed by atoms with Crippen LogP contribution in [0.2, 0.25) is 0 Å². The molecule has 2 N–H and O–H groups in total. The third kappa shape index (κ3) is 2.13. The third-order valence-electron chi connectivity index (χ3n) is 3.44. The molecule has 2 heterocycles. The molecular formula is C13H16N4O. The van der Waals surface area contributed by atoms with Gasteiger partial charge in [-0.15, -0.1) is 0 Å². The summed E-state index contributed by atoms with van der Waals surface area (Å²) >= 11 is 0. The third-order valence-corrected chi connectivity index (χ3v) is 3.44. The average molecular weight is 244 g/mol. The molecule has 0 saturated heterocycles. The largest absolute Gasteiger partial charge is 0.337 e. The Bertz CT molecular complexity index is 531. The van der Waals surface area contributed by atoms with Crippen molar-refractivity contribution in [2.75, 3.05) is 0 Å². The SMILES string of the molecule is CC(N)(c1nc(Cc2cccnc2)no1)C1CC1. The molecule has 3 rings (SSSR count). The van der Waals surface area contributed by atoms with E-state index in [-0.39, 0.29) is 0 Å². The Morgan fingerprint density at radius 2 is 2.33 bits per heavy atom. The lowest BCUT2D eigenvalue weighted by molar-refractivity contribution is 0.272. The Hall–Kier alpha value is -1.75. The number of nitrogens with zero attached hydrogens (tertiary/aromatic N) is 3. The first-order valence-electron chi connectivity index (χ1n) is 6.17. The second-order valence-electron chi connectivity index (χ2n) is 5.11. The van der Waals surface area contributed by atoms with Crippen LogP contribution in [-0.2, 0) is 12.0 Å². The number of rotatable bonds is 4. The van der Waals surface area contributed by atoms with E-state index >= 15 is 0 Å². The van der Waals surface area contributed by atoms with Crippen molar-refractivity contribution >= 4 is 0 Å². The summed E-state index contributed by atoms with van der Waals surface area (Å²) < 4.78 is 5.30. The number of aromatic nitrogens is 3. The van der Waals surface area contributed by atoms with E-state index in [2.05, 4.69) is 15.1 Å². The lowest BCUT2D eigenvalue weighted by Crippen LogP contribution is -2.35. The molecule has 5 nitrogen and oxygen atoms in total. The lowest BCUT2D eigenvalue weighted by Gasteiger charge is -2.18. The van der Waals surface area contributed by atoms with Crippen LogP contribution in [0.15, 0.2) is 29.0 Å². The molecule has 0 aliphatic heterocycles. The van der Waals surface area contributed by atoms with Crippen LogP contribution in [0.25, 0.3) is 0 Å². The molecule has 2 aromatic rings. The van der Waals surface area contributed by atoms with Crippen molar-refractivity contribution in [3.8, 4) is 0 Å². The van der Waals surface area contributed by atoms with Crippen molar-refractivity contribution < 1.29 is 4.52 Å². The summed E-state index contributed by atoms with van der Waals surface area (Å²) in [5.41, 5.74) is 6.82. The van der Waals surface area contributed by atoms with Crippen molar-refractivity contribution in [3.63, 3.8) is 0 Å². The average Bonchev–Trinajstić information content (AvgIpc) is 3.12. The minimum Gasteiger partial charge on any atom is -0.337 e. The summed E-state index contributed by atoms with van der Waals surface area (Å²) in [6.45, 7) is 1.96. The molecule has 1 aliphatic rings. The standard InChI is InChI=1S/C13H16N4O/c1-13(14,10-4-5-10)12-16-11(17-18-12)7-9-3-2-6-15-8-9/h2-3,6,8,10H,4-5,7,14H2,1H3. The Labute approximate surface area is 105 Å². The Kier molecular flexibility index (Phi) is 2.63. The van der Waals surface area contributed by atoms with E-state index in [1.54, 1.807) is 12.4 Å². The fourth-order valence-electron chi connectivity index (χ4n) is 2.09. The number of hydrogen-bond acceptors (Lipinski definition) is 5. The van der Waals surface area contributed by atoms with Gasteiger partial charge in [0.2, 0.25) is 5.89 Å². The second kappa shape index (κ2) is 4.17. The van der Waals surface area contributed by atoms with E-state index in [0.29, 0.717) is 24.1 Å². The van der Waals surface area contributed by atoms with Crippen molar-refractivity contribution in [1.29, 1.82) is 0 Å². The lowest BCUT2D eigenvalue weighted by atomic mass is 9.97. The van der Waals surface area contributed by atoms with E-state index in [1.165, 1.54) is 0 Å². The molecule has 18 heavy (non-hydrogen) atoms. The maximum Gasteiger partial charge on any atom is 0.246 e. The van der Waals surface area contributed by atoms with Gasteiger partial charge >= 0.3 is 0 Å². The minimum atomic E-state index is -0.486. The molecule has 94 valence electrons. The van der Waals surface area contributed by atoms with Crippen molar-refractivity contribution in [3.05, 3.63) is 41.8 Å². The maximum absolute atomic E-state index is 6.24. The molecule has 1 unspecified atom stereocenters. The fourth-order valence-corrected chi connectivity index (χ4v) is 2.09. The molecule has 2 aromatic heterocycles. The van der Waals surface area contributed by atoms with Crippen LogP contribution >= 0.6 is 0 Å². The first-order chi connectivity index (χ1) is 8.66. The van der Waals surface area contributed by atoms with E-state index in [0.717, 1.165) is 18.4 Å². The van der Waals surface area contributed by atoms with Crippen LogP contribution in [0, 0.1) is 5.92 Å². The minimum absolute atomic E-state index is 0.476. The molecule has 0 amide bonds. The molecule has 1 saturated carbocycles. The van der Waals surface area contributed by atoms with Gasteiger partial charge in [0, 0.05) is 18.8 Å².